The molecule has 0 unspecified atom stereocenters. The van der Waals surface area contributed by atoms with Crippen LogP contribution in [0.2, 0.25) is 0 Å². The predicted octanol–water partition coefficient (Wildman–Crippen LogP) is 0.826. The summed E-state index contributed by atoms with van der Waals surface area (Å²) < 4.78 is 26.9. The third-order valence-corrected chi connectivity index (χ3v) is 4.72. The van der Waals surface area contributed by atoms with Crippen molar-refractivity contribution >= 4 is 31.8 Å². The van der Waals surface area contributed by atoms with Crippen molar-refractivity contribution in [3.05, 3.63) is 50.7 Å². The highest BCUT2D eigenvalue weighted by molar-refractivity contribution is 9.10. The van der Waals surface area contributed by atoms with Crippen molar-refractivity contribution < 1.29 is 13.5 Å². The number of halogens is 1. The van der Waals surface area contributed by atoms with Crippen LogP contribution in [-0.2, 0) is 16.6 Å². The van der Waals surface area contributed by atoms with Gasteiger partial charge in [0.2, 0.25) is 0 Å². The minimum Gasteiger partial charge on any atom is -0.392 e. The molecule has 1 heterocycles. The minimum atomic E-state index is -3.84. The first-order chi connectivity index (χ1) is 9.42. The number of nitrogens with zero attached hydrogens (tertiary/aromatic N) is 1. The van der Waals surface area contributed by atoms with Crippen LogP contribution in [0.3, 0.4) is 0 Å². The Kier molecular flexibility index (Phi) is 4.21. The summed E-state index contributed by atoms with van der Waals surface area (Å²) >= 11 is 3.14. The monoisotopic (exact) mass is 359 g/mol. The Morgan fingerprint density at radius 1 is 1.30 bits per heavy atom. The van der Waals surface area contributed by atoms with Gasteiger partial charge in [0.15, 0.2) is 5.82 Å². The molecule has 0 saturated heterocycles. The zero-order valence-electron chi connectivity index (χ0n) is 10.00. The number of nitrogens with one attached hydrogen (secondary N) is 2. The number of hydrogen-bond donors (Lipinski definition) is 3. The molecular formula is C11H10BrN3O4S. The number of anilines is 1. The molecule has 2 aromatic rings. The van der Waals surface area contributed by atoms with E-state index in [1.165, 1.54) is 24.3 Å². The highest BCUT2D eigenvalue weighted by Gasteiger charge is 2.18. The van der Waals surface area contributed by atoms with E-state index in [0.29, 0.717) is 10.0 Å². The van der Waals surface area contributed by atoms with E-state index in [-0.39, 0.29) is 17.3 Å². The van der Waals surface area contributed by atoms with Gasteiger partial charge >= 0.3 is 0 Å². The molecule has 0 aliphatic carbocycles. The third-order valence-electron chi connectivity index (χ3n) is 2.39. The average Bonchev–Trinajstić information content (AvgIpc) is 2.40. The van der Waals surface area contributed by atoms with Gasteiger partial charge in [-0.15, -0.1) is 0 Å². The number of benzene rings is 1. The van der Waals surface area contributed by atoms with Gasteiger partial charge in [0.05, 0.1) is 6.61 Å². The lowest BCUT2D eigenvalue weighted by Gasteiger charge is -2.09. The first-order valence-corrected chi connectivity index (χ1v) is 7.68. The summed E-state index contributed by atoms with van der Waals surface area (Å²) in [5, 5.41) is 14.7. The van der Waals surface area contributed by atoms with Crippen molar-refractivity contribution in [2.45, 2.75) is 11.5 Å². The average molecular weight is 360 g/mol. The van der Waals surface area contributed by atoms with Crippen molar-refractivity contribution in [1.29, 1.82) is 0 Å². The van der Waals surface area contributed by atoms with Gasteiger partial charge in [-0.1, -0.05) is 6.07 Å². The van der Waals surface area contributed by atoms with Crippen LogP contribution in [0.1, 0.15) is 5.56 Å². The Balaban J connectivity index is 2.35. The topological polar surface area (TPSA) is 112 Å². The summed E-state index contributed by atoms with van der Waals surface area (Å²) in [5.74, 6) is 0.00253. The Morgan fingerprint density at radius 3 is 2.60 bits per heavy atom. The first-order valence-electron chi connectivity index (χ1n) is 5.40. The molecule has 0 spiro atoms. The highest BCUT2D eigenvalue weighted by Crippen LogP contribution is 2.24. The molecule has 1 aromatic heterocycles. The minimum absolute atomic E-state index is 0.00250. The smallest absolute Gasteiger partial charge is 0.264 e. The van der Waals surface area contributed by atoms with Crippen LogP contribution in [0.4, 0.5) is 5.82 Å². The van der Waals surface area contributed by atoms with E-state index >= 15 is 0 Å². The standard InChI is InChI=1S/C11H10BrN3O4S/c12-8-5-7(6-16)1-2-9(8)20(18,19)15-10-3-4-11(17)14-13-10/h1-5,16H,6H2,(H,13,15)(H,14,17). The second kappa shape index (κ2) is 5.73. The molecule has 0 atom stereocenters. The summed E-state index contributed by atoms with van der Waals surface area (Å²) in [4.78, 5) is 10.9. The van der Waals surface area contributed by atoms with Gasteiger partial charge in [-0.05, 0) is 39.7 Å². The second-order valence-corrected chi connectivity index (χ2v) is 6.34. The second-order valence-electron chi connectivity index (χ2n) is 3.83. The number of sulfonamides is 1. The molecular weight excluding hydrogens is 350 g/mol. The van der Waals surface area contributed by atoms with Gasteiger partial charge < -0.3 is 5.11 Å². The summed E-state index contributed by atoms with van der Waals surface area (Å²) in [7, 11) is -3.84. The van der Waals surface area contributed by atoms with Crippen molar-refractivity contribution in [2.24, 2.45) is 0 Å². The molecule has 106 valence electrons. The Bertz CT molecular complexity index is 768. The Labute approximate surface area is 122 Å². The molecule has 0 radical (unpaired) electrons. The lowest BCUT2D eigenvalue weighted by molar-refractivity contribution is 0.281. The summed E-state index contributed by atoms with van der Waals surface area (Å²) in [5.41, 5.74) is 0.152. The molecule has 0 bridgehead atoms. The van der Waals surface area contributed by atoms with Crippen LogP contribution in [0.15, 0.2) is 44.5 Å². The number of aromatic amines is 1. The van der Waals surface area contributed by atoms with Gasteiger partial charge in [-0.3, -0.25) is 9.52 Å². The third kappa shape index (κ3) is 3.24. The van der Waals surface area contributed by atoms with Crippen LogP contribution in [0.5, 0.6) is 0 Å². The van der Waals surface area contributed by atoms with E-state index in [0.717, 1.165) is 6.07 Å². The zero-order valence-corrected chi connectivity index (χ0v) is 12.4. The molecule has 9 heteroatoms. The van der Waals surface area contributed by atoms with Crippen LogP contribution < -0.4 is 10.3 Å². The summed E-state index contributed by atoms with van der Waals surface area (Å²) in [6.07, 6.45) is 0. The van der Waals surface area contributed by atoms with Crippen molar-refractivity contribution in [1.82, 2.24) is 10.2 Å². The lowest BCUT2D eigenvalue weighted by Crippen LogP contribution is -2.17. The molecule has 0 fully saturated rings. The van der Waals surface area contributed by atoms with Crippen molar-refractivity contribution in [2.75, 3.05) is 4.72 Å². The molecule has 0 amide bonds. The molecule has 2 rings (SSSR count). The normalized spacial score (nSPS) is 11.3. The van der Waals surface area contributed by atoms with E-state index in [2.05, 4.69) is 30.8 Å². The summed E-state index contributed by atoms with van der Waals surface area (Å²) in [6, 6.07) is 6.79. The van der Waals surface area contributed by atoms with E-state index in [4.69, 9.17) is 5.11 Å². The number of aromatic nitrogens is 2. The number of rotatable bonds is 4. The fourth-order valence-corrected chi connectivity index (χ4v) is 3.58. The number of H-pyrrole nitrogens is 1. The van der Waals surface area contributed by atoms with Gasteiger partial charge in [-0.2, -0.15) is 5.10 Å². The lowest BCUT2D eigenvalue weighted by atomic mass is 10.2. The van der Waals surface area contributed by atoms with Crippen LogP contribution in [0, 0.1) is 0 Å². The Morgan fingerprint density at radius 2 is 2.05 bits per heavy atom. The molecule has 7 nitrogen and oxygen atoms in total. The van der Waals surface area contributed by atoms with E-state index in [1.54, 1.807) is 0 Å². The maximum atomic E-state index is 12.2. The van der Waals surface area contributed by atoms with Gasteiger partial charge in [0.25, 0.3) is 15.6 Å². The van der Waals surface area contributed by atoms with E-state index < -0.39 is 15.6 Å². The molecule has 1 aromatic carbocycles. The van der Waals surface area contributed by atoms with Gasteiger partial charge in [0, 0.05) is 10.5 Å². The summed E-state index contributed by atoms with van der Waals surface area (Å²) in [6.45, 7) is -0.187. The maximum Gasteiger partial charge on any atom is 0.264 e. The highest BCUT2D eigenvalue weighted by atomic mass is 79.9. The SMILES string of the molecule is O=c1ccc(NS(=O)(=O)c2ccc(CO)cc2Br)n[nH]1. The van der Waals surface area contributed by atoms with Gasteiger partial charge in [0.1, 0.15) is 4.90 Å². The quantitative estimate of drug-likeness (QED) is 0.748. The van der Waals surface area contributed by atoms with Gasteiger partial charge in [-0.25, -0.2) is 13.5 Å². The van der Waals surface area contributed by atoms with E-state index in [1.807, 2.05) is 0 Å². The number of aliphatic hydroxyl groups is 1. The van der Waals surface area contributed by atoms with Crippen LogP contribution in [-0.4, -0.2) is 23.7 Å². The maximum absolute atomic E-state index is 12.2. The molecule has 0 aliphatic rings. The van der Waals surface area contributed by atoms with E-state index in [9.17, 15) is 13.2 Å². The fourth-order valence-electron chi connectivity index (χ4n) is 1.45. The van der Waals surface area contributed by atoms with Crippen LogP contribution in [0.25, 0.3) is 0 Å². The predicted molar refractivity (Wildman–Crippen MR) is 75.7 cm³/mol. The molecule has 20 heavy (non-hydrogen) atoms. The molecule has 3 N–H and O–H groups in total. The van der Waals surface area contributed by atoms with Crippen LogP contribution >= 0.6 is 15.9 Å². The van der Waals surface area contributed by atoms with Crippen molar-refractivity contribution in [3.8, 4) is 0 Å². The Hall–Kier alpha value is -1.71. The largest absolute Gasteiger partial charge is 0.392 e. The molecule has 0 saturated carbocycles. The number of aliphatic hydroxyl groups excluding tert-OH is 1. The zero-order chi connectivity index (χ0) is 14.8. The number of hydrogen-bond acceptors (Lipinski definition) is 5. The van der Waals surface area contributed by atoms with Crippen molar-refractivity contribution in [3.63, 3.8) is 0 Å². The fraction of sp³-hybridized carbons (Fsp3) is 0.0909. The first kappa shape index (κ1) is 14.7. The molecule has 0 aliphatic heterocycles.